The summed E-state index contributed by atoms with van der Waals surface area (Å²) in [4.78, 5) is 0. The first-order valence-electron chi connectivity index (χ1n) is 4.77. The zero-order chi connectivity index (χ0) is 10.6. The van der Waals surface area contributed by atoms with Gasteiger partial charge >= 0.3 is 0 Å². The number of halogens is 1. The highest BCUT2D eigenvalue weighted by atomic mass is 35.5. The van der Waals surface area contributed by atoms with E-state index in [4.69, 9.17) is 16.3 Å². The van der Waals surface area contributed by atoms with Gasteiger partial charge in [-0.2, -0.15) is 0 Å². The molecule has 0 aliphatic carbocycles. The Labute approximate surface area is 90.2 Å². The predicted molar refractivity (Wildman–Crippen MR) is 61.4 cm³/mol. The van der Waals surface area contributed by atoms with Crippen LogP contribution >= 0.6 is 11.6 Å². The molecule has 0 spiro atoms. The monoisotopic (exact) mass is 213 g/mol. The van der Waals surface area contributed by atoms with E-state index >= 15 is 0 Å². The normalized spacial score (nSPS) is 12.3. The van der Waals surface area contributed by atoms with Gasteiger partial charge in [0.1, 0.15) is 5.75 Å². The molecule has 14 heavy (non-hydrogen) atoms. The van der Waals surface area contributed by atoms with Gasteiger partial charge in [-0.05, 0) is 31.5 Å². The summed E-state index contributed by atoms with van der Waals surface area (Å²) in [5.41, 5.74) is 1.03. The van der Waals surface area contributed by atoms with E-state index in [0.29, 0.717) is 16.8 Å². The van der Waals surface area contributed by atoms with Crippen LogP contribution in [0, 0.1) is 0 Å². The number of benzene rings is 1. The lowest BCUT2D eigenvalue weighted by Crippen LogP contribution is -2.13. The summed E-state index contributed by atoms with van der Waals surface area (Å²) in [6.45, 7) is 4.28. The molecule has 1 aromatic carbocycles. The molecular weight excluding hydrogens is 198 g/mol. The molecule has 0 aliphatic rings. The minimum atomic E-state index is 0.458. The van der Waals surface area contributed by atoms with Gasteiger partial charge in [0.25, 0.3) is 0 Å². The Hall–Kier alpha value is -0.890. The van der Waals surface area contributed by atoms with Crippen LogP contribution in [0.3, 0.4) is 0 Å². The minimum absolute atomic E-state index is 0.458. The average Bonchev–Trinajstić information content (AvgIpc) is 2.18. The highest BCUT2D eigenvalue weighted by Crippen LogP contribution is 2.27. The van der Waals surface area contributed by atoms with Crippen molar-refractivity contribution < 1.29 is 4.74 Å². The molecule has 1 aromatic rings. The number of hydrogen-bond donors (Lipinski definition) is 1. The summed E-state index contributed by atoms with van der Waals surface area (Å²) in [6, 6.07) is 6.18. The molecule has 3 heteroatoms. The van der Waals surface area contributed by atoms with Crippen molar-refractivity contribution in [3.63, 3.8) is 0 Å². The lowest BCUT2D eigenvalue weighted by atomic mass is 10.2. The number of ether oxygens (including phenoxy) is 1. The molecule has 0 aromatic heterocycles. The van der Waals surface area contributed by atoms with E-state index in [1.54, 1.807) is 7.11 Å². The van der Waals surface area contributed by atoms with E-state index in [0.717, 1.165) is 12.1 Å². The topological polar surface area (TPSA) is 21.3 Å². The van der Waals surface area contributed by atoms with Crippen molar-refractivity contribution in [1.29, 1.82) is 0 Å². The molecule has 0 fully saturated rings. The summed E-state index contributed by atoms with van der Waals surface area (Å²) in [5.74, 6) is 0.710. The Morgan fingerprint density at radius 3 is 2.71 bits per heavy atom. The van der Waals surface area contributed by atoms with E-state index in [1.165, 1.54) is 0 Å². The second kappa shape index (κ2) is 5.11. The van der Waals surface area contributed by atoms with Gasteiger partial charge in [-0.25, -0.2) is 0 Å². The molecule has 0 saturated heterocycles. The maximum Gasteiger partial charge on any atom is 0.137 e. The van der Waals surface area contributed by atoms with Crippen LogP contribution < -0.4 is 10.1 Å². The lowest BCUT2D eigenvalue weighted by Gasteiger charge is -2.13. The van der Waals surface area contributed by atoms with Gasteiger partial charge in [-0.1, -0.05) is 18.5 Å². The van der Waals surface area contributed by atoms with Crippen LogP contribution in [0.5, 0.6) is 5.75 Å². The highest BCUT2D eigenvalue weighted by molar-refractivity contribution is 6.32. The second-order valence-electron chi connectivity index (χ2n) is 3.30. The van der Waals surface area contributed by atoms with Gasteiger partial charge in [-0.15, -0.1) is 0 Å². The summed E-state index contributed by atoms with van der Waals surface area (Å²) >= 11 is 5.99. The van der Waals surface area contributed by atoms with E-state index in [1.807, 2.05) is 18.2 Å². The van der Waals surface area contributed by atoms with Crippen molar-refractivity contribution in [2.24, 2.45) is 0 Å². The van der Waals surface area contributed by atoms with Gasteiger partial charge < -0.3 is 10.1 Å². The van der Waals surface area contributed by atoms with Crippen molar-refractivity contribution in [2.45, 2.75) is 26.3 Å². The maximum atomic E-state index is 5.99. The van der Waals surface area contributed by atoms with Crippen LogP contribution in [-0.4, -0.2) is 13.2 Å². The third-order valence-corrected chi connectivity index (χ3v) is 2.47. The van der Waals surface area contributed by atoms with Gasteiger partial charge in [0.2, 0.25) is 0 Å². The Bertz CT molecular complexity index is 301. The molecule has 0 amide bonds. The molecule has 2 nitrogen and oxygen atoms in total. The molecule has 0 heterocycles. The molecule has 0 aliphatic heterocycles. The van der Waals surface area contributed by atoms with Crippen LogP contribution in [-0.2, 0) is 0 Å². The number of hydrogen-bond acceptors (Lipinski definition) is 2. The van der Waals surface area contributed by atoms with E-state index in [-0.39, 0.29) is 0 Å². The second-order valence-corrected chi connectivity index (χ2v) is 3.71. The first-order chi connectivity index (χ1) is 6.67. The summed E-state index contributed by atoms with van der Waals surface area (Å²) in [5, 5.41) is 3.98. The summed E-state index contributed by atoms with van der Waals surface area (Å²) < 4.78 is 5.07. The molecule has 78 valence electrons. The standard InChI is InChI=1S/C11H16ClNO/c1-4-8(2)13-9-5-6-11(14-3)10(12)7-9/h5-8,13H,4H2,1-3H3/t8-/m1/s1. The first-order valence-corrected chi connectivity index (χ1v) is 5.15. The maximum absolute atomic E-state index is 5.99. The Kier molecular flexibility index (Phi) is 4.08. The Morgan fingerprint density at radius 1 is 1.50 bits per heavy atom. The largest absolute Gasteiger partial charge is 0.495 e. The fourth-order valence-electron chi connectivity index (χ4n) is 1.14. The predicted octanol–water partition coefficient (Wildman–Crippen LogP) is 3.56. The number of anilines is 1. The van der Waals surface area contributed by atoms with Crippen LogP contribution in [0.1, 0.15) is 20.3 Å². The van der Waals surface area contributed by atoms with Crippen LogP contribution in [0.2, 0.25) is 5.02 Å². The summed E-state index contributed by atoms with van der Waals surface area (Å²) in [7, 11) is 1.61. The van der Waals surface area contributed by atoms with Crippen molar-refractivity contribution in [3.05, 3.63) is 23.2 Å². The Balaban J connectivity index is 2.76. The molecule has 0 radical (unpaired) electrons. The van der Waals surface area contributed by atoms with Crippen molar-refractivity contribution in [3.8, 4) is 5.75 Å². The summed E-state index contributed by atoms with van der Waals surface area (Å²) in [6.07, 6.45) is 1.09. The van der Waals surface area contributed by atoms with Crippen LogP contribution in [0.4, 0.5) is 5.69 Å². The van der Waals surface area contributed by atoms with Crippen LogP contribution in [0.15, 0.2) is 18.2 Å². The minimum Gasteiger partial charge on any atom is -0.495 e. The van der Waals surface area contributed by atoms with Gasteiger partial charge in [0.15, 0.2) is 0 Å². The van der Waals surface area contributed by atoms with Gasteiger partial charge in [0.05, 0.1) is 12.1 Å². The molecule has 0 unspecified atom stereocenters. The van der Waals surface area contributed by atoms with Crippen molar-refractivity contribution >= 4 is 17.3 Å². The van der Waals surface area contributed by atoms with Gasteiger partial charge in [-0.3, -0.25) is 0 Å². The molecule has 1 atom stereocenters. The third kappa shape index (κ3) is 2.81. The first kappa shape index (κ1) is 11.2. The van der Waals surface area contributed by atoms with Gasteiger partial charge in [0, 0.05) is 11.7 Å². The fraction of sp³-hybridized carbons (Fsp3) is 0.455. The smallest absolute Gasteiger partial charge is 0.137 e. The quantitative estimate of drug-likeness (QED) is 0.826. The number of rotatable bonds is 4. The molecule has 1 N–H and O–H groups in total. The van der Waals surface area contributed by atoms with E-state index < -0.39 is 0 Å². The molecule has 1 rings (SSSR count). The molecular formula is C11H16ClNO. The lowest BCUT2D eigenvalue weighted by molar-refractivity contribution is 0.415. The number of nitrogens with one attached hydrogen (secondary N) is 1. The zero-order valence-corrected chi connectivity index (χ0v) is 9.56. The number of methoxy groups -OCH3 is 1. The molecule has 0 bridgehead atoms. The van der Waals surface area contributed by atoms with E-state index in [2.05, 4.69) is 19.2 Å². The van der Waals surface area contributed by atoms with Crippen LogP contribution in [0.25, 0.3) is 0 Å². The highest BCUT2D eigenvalue weighted by Gasteiger charge is 2.03. The van der Waals surface area contributed by atoms with Crippen molar-refractivity contribution in [1.82, 2.24) is 0 Å². The van der Waals surface area contributed by atoms with E-state index in [9.17, 15) is 0 Å². The zero-order valence-electron chi connectivity index (χ0n) is 8.80. The third-order valence-electron chi connectivity index (χ3n) is 2.18. The average molecular weight is 214 g/mol. The molecule has 0 saturated carbocycles. The van der Waals surface area contributed by atoms with Crippen molar-refractivity contribution in [2.75, 3.05) is 12.4 Å². The SMILES string of the molecule is CC[C@@H](C)Nc1ccc(OC)c(Cl)c1. The Morgan fingerprint density at radius 2 is 2.21 bits per heavy atom. The fourth-order valence-corrected chi connectivity index (χ4v) is 1.40.